The van der Waals surface area contributed by atoms with E-state index in [0.29, 0.717) is 6.04 Å². The maximum absolute atomic E-state index is 3.59. The van der Waals surface area contributed by atoms with Gasteiger partial charge >= 0.3 is 0 Å². The molecule has 100 valence electrons. The van der Waals surface area contributed by atoms with E-state index in [1.54, 1.807) is 0 Å². The Morgan fingerprint density at radius 2 is 1.94 bits per heavy atom. The predicted molar refractivity (Wildman–Crippen MR) is 73.3 cm³/mol. The average molecular weight is 239 g/mol. The third-order valence-electron chi connectivity index (χ3n) is 4.23. The van der Waals surface area contributed by atoms with E-state index >= 15 is 0 Å². The molecular formula is C14H29N3. The van der Waals surface area contributed by atoms with Gasteiger partial charge in [-0.1, -0.05) is 13.8 Å². The van der Waals surface area contributed by atoms with Gasteiger partial charge < -0.3 is 5.32 Å². The van der Waals surface area contributed by atoms with E-state index in [2.05, 4.69) is 35.9 Å². The molecule has 2 saturated heterocycles. The predicted octanol–water partition coefficient (Wildman–Crippen LogP) is 1.40. The average Bonchev–Trinajstić information content (AvgIpc) is 2.75. The minimum absolute atomic E-state index is 0.691. The maximum atomic E-state index is 3.59. The Hall–Kier alpha value is -0.120. The maximum Gasteiger partial charge on any atom is 0.0224 e. The summed E-state index contributed by atoms with van der Waals surface area (Å²) in [5, 5.41) is 3.59. The molecule has 2 unspecified atom stereocenters. The molecule has 2 aliphatic heterocycles. The summed E-state index contributed by atoms with van der Waals surface area (Å²) in [7, 11) is 0. The van der Waals surface area contributed by atoms with Crippen molar-refractivity contribution in [2.24, 2.45) is 5.92 Å². The van der Waals surface area contributed by atoms with Crippen molar-refractivity contribution in [2.75, 3.05) is 39.3 Å². The molecule has 3 heteroatoms. The van der Waals surface area contributed by atoms with Gasteiger partial charge in [-0.25, -0.2) is 0 Å². The van der Waals surface area contributed by atoms with Crippen LogP contribution >= 0.6 is 0 Å². The molecular weight excluding hydrogens is 210 g/mol. The van der Waals surface area contributed by atoms with E-state index in [0.717, 1.165) is 25.0 Å². The van der Waals surface area contributed by atoms with E-state index in [1.165, 1.54) is 39.0 Å². The Morgan fingerprint density at radius 3 is 2.71 bits per heavy atom. The Labute approximate surface area is 107 Å². The number of hydrogen-bond donors (Lipinski definition) is 1. The molecule has 0 bridgehead atoms. The van der Waals surface area contributed by atoms with Gasteiger partial charge in [0.25, 0.3) is 0 Å². The van der Waals surface area contributed by atoms with Crippen LogP contribution in [0.2, 0.25) is 0 Å². The highest BCUT2D eigenvalue weighted by Crippen LogP contribution is 2.22. The van der Waals surface area contributed by atoms with Crippen molar-refractivity contribution in [3.8, 4) is 0 Å². The van der Waals surface area contributed by atoms with E-state index in [1.807, 2.05) is 0 Å². The first-order chi connectivity index (χ1) is 8.16. The second-order valence-corrected chi connectivity index (χ2v) is 6.23. The zero-order chi connectivity index (χ0) is 12.3. The van der Waals surface area contributed by atoms with Crippen LogP contribution in [-0.2, 0) is 0 Å². The van der Waals surface area contributed by atoms with Gasteiger partial charge in [0.15, 0.2) is 0 Å². The van der Waals surface area contributed by atoms with Gasteiger partial charge in [0, 0.05) is 38.3 Å². The summed E-state index contributed by atoms with van der Waals surface area (Å²) < 4.78 is 0. The Kier molecular flexibility index (Phi) is 4.83. The van der Waals surface area contributed by atoms with Crippen molar-refractivity contribution in [1.82, 2.24) is 15.1 Å². The van der Waals surface area contributed by atoms with Gasteiger partial charge in [0.05, 0.1) is 0 Å². The lowest BCUT2D eigenvalue weighted by Crippen LogP contribution is -2.54. The highest BCUT2D eigenvalue weighted by Gasteiger charge is 2.31. The first-order valence-corrected chi connectivity index (χ1v) is 7.35. The van der Waals surface area contributed by atoms with Gasteiger partial charge in [-0.05, 0) is 38.8 Å². The molecule has 2 atom stereocenters. The highest BCUT2D eigenvalue weighted by atomic mass is 15.3. The third-order valence-corrected chi connectivity index (χ3v) is 4.23. The summed E-state index contributed by atoms with van der Waals surface area (Å²) >= 11 is 0. The number of fused-ring (bicyclic) bond motifs is 1. The fraction of sp³-hybridized carbons (Fsp3) is 1.00. The zero-order valence-electron chi connectivity index (χ0n) is 11.8. The summed E-state index contributed by atoms with van der Waals surface area (Å²) in [4.78, 5) is 5.37. The van der Waals surface area contributed by atoms with Crippen LogP contribution in [0.25, 0.3) is 0 Å². The Balaban J connectivity index is 1.70. The lowest BCUT2D eigenvalue weighted by Gasteiger charge is -2.40. The van der Waals surface area contributed by atoms with Gasteiger partial charge in [-0.15, -0.1) is 0 Å². The molecule has 0 saturated carbocycles. The molecule has 3 nitrogen and oxygen atoms in total. The number of piperazine rings is 1. The van der Waals surface area contributed by atoms with Crippen molar-refractivity contribution in [2.45, 2.75) is 45.7 Å². The molecule has 0 spiro atoms. The zero-order valence-corrected chi connectivity index (χ0v) is 11.8. The van der Waals surface area contributed by atoms with E-state index in [-0.39, 0.29) is 0 Å². The minimum Gasteiger partial charge on any atom is -0.315 e. The smallest absolute Gasteiger partial charge is 0.0224 e. The molecule has 2 heterocycles. The first kappa shape index (κ1) is 13.3. The molecule has 0 aliphatic carbocycles. The molecule has 1 N–H and O–H groups in total. The van der Waals surface area contributed by atoms with Crippen LogP contribution in [0.3, 0.4) is 0 Å². The number of hydrogen-bond acceptors (Lipinski definition) is 3. The number of rotatable bonds is 5. The molecule has 0 radical (unpaired) electrons. The van der Waals surface area contributed by atoms with E-state index < -0.39 is 0 Å². The molecule has 17 heavy (non-hydrogen) atoms. The normalized spacial score (nSPS) is 28.6. The quantitative estimate of drug-likeness (QED) is 0.782. The van der Waals surface area contributed by atoms with E-state index in [9.17, 15) is 0 Å². The van der Waals surface area contributed by atoms with Crippen molar-refractivity contribution >= 4 is 0 Å². The summed E-state index contributed by atoms with van der Waals surface area (Å²) in [6.45, 7) is 14.4. The van der Waals surface area contributed by atoms with Crippen LogP contribution in [0, 0.1) is 5.92 Å². The molecule has 0 aromatic heterocycles. The van der Waals surface area contributed by atoms with Crippen LogP contribution in [0.1, 0.15) is 33.6 Å². The number of nitrogens with zero attached hydrogens (tertiary/aromatic N) is 2. The van der Waals surface area contributed by atoms with Crippen molar-refractivity contribution < 1.29 is 0 Å². The Bertz CT molecular complexity index is 230. The van der Waals surface area contributed by atoms with Crippen LogP contribution in [0.15, 0.2) is 0 Å². The van der Waals surface area contributed by atoms with Crippen LogP contribution in [0.4, 0.5) is 0 Å². The van der Waals surface area contributed by atoms with Gasteiger partial charge in [0.1, 0.15) is 0 Å². The lowest BCUT2D eigenvalue weighted by molar-refractivity contribution is 0.0767. The molecule has 0 aromatic carbocycles. The lowest BCUT2D eigenvalue weighted by atomic mass is 10.1. The van der Waals surface area contributed by atoms with Crippen LogP contribution in [-0.4, -0.2) is 61.2 Å². The topological polar surface area (TPSA) is 18.5 Å². The fourth-order valence-electron chi connectivity index (χ4n) is 3.13. The van der Waals surface area contributed by atoms with Gasteiger partial charge in [0.2, 0.25) is 0 Å². The molecule has 2 aliphatic rings. The highest BCUT2D eigenvalue weighted by molar-refractivity contribution is 4.88. The summed E-state index contributed by atoms with van der Waals surface area (Å²) in [5.41, 5.74) is 0. The molecule has 0 aromatic rings. The SMILES string of the molecule is CC(C)CNCC(C)N1CCN2CCCC2C1. The van der Waals surface area contributed by atoms with Crippen molar-refractivity contribution in [3.05, 3.63) is 0 Å². The second kappa shape index (κ2) is 6.17. The minimum atomic E-state index is 0.691. The summed E-state index contributed by atoms with van der Waals surface area (Å²) in [5.74, 6) is 0.758. The Morgan fingerprint density at radius 1 is 1.12 bits per heavy atom. The van der Waals surface area contributed by atoms with Gasteiger partial charge in [-0.2, -0.15) is 0 Å². The standard InChI is InChI=1S/C14H29N3/c1-12(2)9-15-10-13(3)17-8-7-16-6-4-5-14(16)11-17/h12-15H,4-11H2,1-3H3. The molecule has 2 rings (SSSR count). The van der Waals surface area contributed by atoms with Crippen molar-refractivity contribution in [3.63, 3.8) is 0 Å². The first-order valence-electron chi connectivity index (χ1n) is 7.35. The third kappa shape index (κ3) is 3.67. The van der Waals surface area contributed by atoms with Gasteiger partial charge in [-0.3, -0.25) is 9.80 Å². The molecule has 2 fully saturated rings. The second-order valence-electron chi connectivity index (χ2n) is 6.23. The summed E-state index contributed by atoms with van der Waals surface area (Å²) in [6.07, 6.45) is 2.83. The monoisotopic (exact) mass is 239 g/mol. The van der Waals surface area contributed by atoms with Crippen LogP contribution < -0.4 is 5.32 Å². The largest absolute Gasteiger partial charge is 0.315 e. The van der Waals surface area contributed by atoms with E-state index in [4.69, 9.17) is 0 Å². The van der Waals surface area contributed by atoms with Crippen LogP contribution in [0.5, 0.6) is 0 Å². The fourth-order valence-corrected chi connectivity index (χ4v) is 3.13. The molecule has 0 amide bonds. The number of nitrogens with one attached hydrogen (secondary N) is 1. The van der Waals surface area contributed by atoms with Crippen molar-refractivity contribution in [1.29, 1.82) is 0 Å². The summed E-state index contributed by atoms with van der Waals surface area (Å²) in [6, 6.07) is 1.55.